The Morgan fingerprint density at radius 3 is 1.42 bits per heavy atom. The van der Waals surface area contributed by atoms with Gasteiger partial charge < -0.3 is 19.8 Å². The molecule has 3 unspecified atom stereocenters. The third kappa shape index (κ3) is 46.7. The molecular weight excluding hydrogens is 792 g/mol. The molecule has 0 saturated carbocycles. The zero-order valence-electron chi connectivity index (χ0n) is 41.6. The van der Waals surface area contributed by atoms with Crippen LogP contribution in [0.1, 0.15) is 245 Å². The third-order valence-corrected chi connectivity index (χ3v) is 12.9. The Morgan fingerprint density at radius 2 is 0.968 bits per heavy atom. The van der Waals surface area contributed by atoms with Gasteiger partial charge in [-0.1, -0.05) is 230 Å². The highest BCUT2D eigenvalue weighted by atomic mass is 31.2. The molecule has 8 nitrogen and oxygen atoms in total. The molecule has 0 rings (SSSR count). The molecule has 0 fully saturated rings. The second-order valence-electron chi connectivity index (χ2n) is 19.2. The minimum absolute atomic E-state index is 0.0707. The zero-order chi connectivity index (χ0) is 45.7. The number of nitrogens with zero attached hydrogens (tertiary/aromatic N) is 1. The molecule has 1 amide bonds. The van der Waals surface area contributed by atoms with E-state index in [4.69, 9.17) is 9.05 Å². The number of carbonyl (C=O) groups is 1. The lowest BCUT2D eigenvalue weighted by Crippen LogP contribution is -2.46. The molecule has 0 spiro atoms. The fourth-order valence-electron chi connectivity index (χ4n) is 7.77. The van der Waals surface area contributed by atoms with Crippen molar-refractivity contribution in [3.63, 3.8) is 0 Å². The van der Waals surface area contributed by atoms with Gasteiger partial charge in [-0.25, -0.2) is 4.57 Å². The summed E-state index contributed by atoms with van der Waals surface area (Å²) in [6, 6.07) is -0.770. The number of amides is 1. The van der Waals surface area contributed by atoms with Gasteiger partial charge in [0.25, 0.3) is 0 Å². The number of unbranched alkanes of at least 4 members (excludes halogenated alkanes) is 29. The Hall–Kier alpha value is -1.28. The van der Waals surface area contributed by atoms with E-state index in [1.807, 2.05) is 21.1 Å². The molecule has 0 aromatic rings. The number of hydrogen-bond donors (Lipinski definition) is 3. The maximum Gasteiger partial charge on any atom is 0.472 e. The van der Waals surface area contributed by atoms with Crippen molar-refractivity contribution in [2.75, 3.05) is 40.9 Å². The maximum absolute atomic E-state index is 12.9. The van der Waals surface area contributed by atoms with E-state index in [1.54, 1.807) is 0 Å². The van der Waals surface area contributed by atoms with Gasteiger partial charge in [-0.3, -0.25) is 13.8 Å². The number of carbonyl (C=O) groups excluding carboxylic acids is 1. The molecule has 9 heteroatoms. The number of hydrogen-bond acceptors (Lipinski definition) is 5. The molecule has 3 N–H and O–H groups in total. The van der Waals surface area contributed by atoms with Crippen molar-refractivity contribution in [3.05, 3.63) is 36.5 Å². The second-order valence-corrected chi connectivity index (χ2v) is 20.7. The topological polar surface area (TPSA) is 105 Å². The zero-order valence-corrected chi connectivity index (χ0v) is 42.5. The quantitative estimate of drug-likeness (QED) is 0.0243. The molecule has 0 heterocycles. The van der Waals surface area contributed by atoms with Crippen LogP contribution in [-0.4, -0.2) is 73.4 Å². The highest BCUT2D eigenvalue weighted by Gasteiger charge is 2.28. The SMILES string of the molecule is CC/C=C\C/C=C\C/C=C\CCCCCCCC(=O)NC(COP(=O)(O)OCC[N+](C)(C)C)C(O)CCCCCCCCCCCCCCCCCCCCCCCCCCC. The van der Waals surface area contributed by atoms with E-state index in [2.05, 4.69) is 55.6 Å². The normalized spacial score (nSPS) is 14.4. The lowest BCUT2D eigenvalue weighted by atomic mass is 10.0. The van der Waals surface area contributed by atoms with Crippen LogP contribution in [0.25, 0.3) is 0 Å². The van der Waals surface area contributed by atoms with E-state index < -0.39 is 20.0 Å². The van der Waals surface area contributed by atoms with Crippen molar-refractivity contribution in [1.82, 2.24) is 5.32 Å². The van der Waals surface area contributed by atoms with Crippen LogP contribution in [0.15, 0.2) is 36.5 Å². The molecule has 3 atom stereocenters. The summed E-state index contributed by atoms with van der Waals surface area (Å²) in [5.41, 5.74) is 0. The van der Waals surface area contributed by atoms with Gasteiger partial charge in [0.2, 0.25) is 5.91 Å². The molecule has 0 aliphatic carbocycles. The predicted octanol–water partition coefficient (Wildman–Crippen LogP) is 15.4. The van der Waals surface area contributed by atoms with Crippen molar-refractivity contribution >= 4 is 13.7 Å². The number of likely N-dealkylation sites (N-methyl/N-ethyl adjacent to an activating group) is 1. The molecule has 366 valence electrons. The van der Waals surface area contributed by atoms with Gasteiger partial charge in [-0.05, 0) is 44.9 Å². The molecule has 0 aliphatic heterocycles. The largest absolute Gasteiger partial charge is 0.472 e. The summed E-state index contributed by atoms with van der Waals surface area (Å²) in [6.45, 7) is 4.78. The molecule has 0 aliphatic rings. The Labute approximate surface area is 385 Å². The fourth-order valence-corrected chi connectivity index (χ4v) is 8.50. The summed E-state index contributed by atoms with van der Waals surface area (Å²) >= 11 is 0. The molecule has 0 saturated heterocycles. The van der Waals surface area contributed by atoms with Crippen LogP contribution < -0.4 is 5.32 Å². The summed E-state index contributed by atoms with van der Waals surface area (Å²) in [4.78, 5) is 23.2. The van der Waals surface area contributed by atoms with E-state index in [-0.39, 0.29) is 19.1 Å². The summed E-state index contributed by atoms with van der Waals surface area (Å²) in [7, 11) is 1.61. The maximum atomic E-state index is 12.9. The number of quaternary nitrogens is 1. The van der Waals surface area contributed by atoms with Gasteiger partial charge in [-0.15, -0.1) is 0 Å². The fraction of sp³-hybridized carbons (Fsp3) is 0.868. The highest BCUT2D eigenvalue weighted by molar-refractivity contribution is 7.47. The number of aliphatic hydroxyl groups is 1. The third-order valence-electron chi connectivity index (χ3n) is 11.9. The van der Waals surface area contributed by atoms with Crippen molar-refractivity contribution in [1.29, 1.82) is 0 Å². The number of allylic oxidation sites excluding steroid dienone is 6. The van der Waals surface area contributed by atoms with E-state index in [0.717, 1.165) is 77.0 Å². The first-order valence-electron chi connectivity index (χ1n) is 26.4. The first-order chi connectivity index (χ1) is 30.0. The van der Waals surface area contributed by atoms with Crippen LogP contribution in [-0.2, 0) is 18.4 Å². The molecule has 62 heavy (non-hydrogen) atoms. The van der Waals surface area contributed by atoms with Gasteiger partial charge in [0.05, 0.1) is 39.9 Å². The van der Waals surface area contributed by atoms with Gasteiger partial charge >= 0.3 is 7.82 Å². The average Bonchev–Trinajstić information content (AvgIpc) is 3.23. The van der Waals surface area contributed by atoms with E-state index in [1.165, 1.54) is 141 Å². The van der Waals surface area contributed by atoms with Gasteiger partial charge in [0.1, 0.15) is 13.2 Å². The number of nitrogens with one attached hydrogen (secondary N) is 1. The van der Waals surface area contributed by atoms with Gasteiger partial charge in [-0.2, -0.15) is 0 Å². The number of phosphoric ester groups is 1. The molecule has 0 aromatic heterocycles. The predicted molar refractivity (Wildman–Crippen MR) is 268 cm³/mol. The Kier molecular flexibility index (Phi) is 44.0. The highest BCUT2D eigenvalue weighted by Crippen LogP contribution is 2.43. The van der Waals surface area contributed by atoms with Crippen molar-refractivity contribution in [3.8, 4) is 0 Å². The van der Waals surface area contributed by atoms with E-state index in [9.17, 15) is 19.4 Å². The summed E-state index contributed by atoms with van der Waals surface area (Å²) in [5, 5.41) is 14.0. The monoisotopic (exact) mass is 896 g/mol. The van der Waals surface area contributed by atoms with Crippen molar-refractivity contribution in [2.45, 2.75) is 257 Å². The van der Waals surface area contributed by atoms with Gasteiger partial charge in [0.15, 0.2) is 0 Å². The molecule has 0 bridgehead atoms. The smallest absolute Gasteiger partial charge is 0.391 e. The number of aliphatic hydroxyl groups excluding tert-OH is 1. The summed E-state index contributed by atoms with van der Waals surface area (Å²) in [6.07, 6.45) is 56.2. The van der Waals surface area contributed by atoms with Crippen molar-refractivity contribution in [2.24, 2.45) is 0 Å². The number of rotatable bonds is 48. The minimum Gasteiger partial charge on any atom is -0.391 e. The lowest BCUT2D eigenvalue weighted by Gasteiger charge is -2.26. The van der Waals surface area contributed by atoms with Crippen LogP contribution in [0.3, 0.4) is 0 Å². The second kappa shape index (κ2) is 44.9. The van der Waals surface area contributed by atoms with Crippen LogP contribution in [0.5, 0.6) is 0 Å². The minimum atomic E-state index is -4.32. The molecular formula is C53H104N2O6P+. The number of phosphoric acid groups is 1. The first-order valence-corrected chi connectivity index (χ1v) is 27.8. The van der Waals surface area contributed by atoms with Crippen LogP contribution >= 0.6 is 7.82 Å². The Balaban J connectivity index is 4.18. The molecule has 0 aromatic carbocycles. The molecule has 0 radical (unpaired) electrons. The average molecular weight is 896 g/mol. The summed E-state index contributed by atoms with van der Waals surface area (Å²) < 4.78 is 23.7. The van der Waals surface area contributed by atoms with E-state index >= 15 is 0 Å². The summed E-state index contributed by atoms with van der Waals surface area (Å²) in [5.74, 6) is -0.160. The van der Waals surface area contributed by atoms with Gasteiger partial charge in [0, 0.05) is 6.42 Å². The lowest BCUT2D eigenvalue weighted by molar-refractivity contribution is -0.870. The van der Waals surface area contributed by atoms with Crippen LogP contribution in [0.4, 0.5) is 0 Å². The first kappa shape index (κ1) is 60.7. The van der Waals surface area contributed by atoms with Crippen molar-refractivity contribution < 1.29 is 32.9 Å². The van der Waals surface area contributed by atoms with E-state index in [0.29, 0.717) is 23.9 Å². The van der Waals surface area contributed by atoms with Crippen LogP contribution in [0.2, 0.25) is 0 Å². The Bertz CT molecular complexity index is 1110. The van der Waals surface area contributed by atoms with Crippen LogP contribution in [0, 0.1) is 0 Å². The Morgan fingerprint density at radius 1 is 0.565 bits per heavy atom. The standard InChI is InChI=1S/C53H103N2O6P/c1-6-8-10-12-14-16-18-20-22-23-24-25-26-27-28-29-30-31-33-34-36-38-40-42-44-46-52(56)51(50-61-62(58,59)60-49-48-55(3,4)5)54-53(57)47-45-43-41-39-37-35-32-21-19-17-15-13-11-9-7-2/h9,11,15,17,21,32,51-52,56H,6-8,10,12-14,16,18-20,22-31,33-50H2,1-5H3,(H-,54,57,58,59)/p+1/b11-9-,17-15-,32-21-.